The Morgan fingerprint density at radius 2 is 1.67 bits per heavy atom. The molecule has 0 aliphatic heterocycles. The lowest BCUT2D eigenvalue weighted by atomic mass is 10.3. The number of nitrogen functional groups attached to an aromatic ring is 1. The van der Waals surface area contributed by atoms with Crippen LogP contribution in [0.4, 0.5) is 5.69 Å². The summed E-state index contributed by atoms with van der Waals surface area (Å²) in [5.41, 5.74) is 5.69. The fourth-order valence-electron chi connectivity index (χ4n) is 0.692. The van der Waals surface area contributed by atoms with Crippen molar-refractivity contribution >= 4 is 15.5 Å². The van der Waals surface area contributed by atoms with E-state index in [0.717, 1.165) is 0 Å². The fourth-order valence-corrected chi connectivity index (χ4v) is 1.10. The number of anilines is 1. The number of hydrogen-bond donors (Lipinski definition) is 2. The van der Waals surface area contributed by atoms with Crippen LogP contribution in [-0.2, 0) is 9.84 Å². The van der Waals surface area contributed by atoms with E-state index in [1.54, 1.807) is 38.1 Å². The minimum atomic E-state index is -2.66. The van der Waals surface area contributed by atoms with Gasteiger partial charge in [0, 0.05) is 11.5 Å². The van der Waals surface area contributed by atoms with Gasteiger partial charge in [0.2, 0.25) is 0 Å². The first-order valence-electron chi connectivity index (χ1n) is 4.66. The summed E-state index contributed by atoms with van der Waals surface area (Å²) in [6.07, 6.45) is 0. The standard InChI is InChI=1S/C6H7NO.C4H10O2S/c7-5-3-1-2-4-6(5)8;1-3-7(5,6)4-2/h1-4,8H,7H2;3-4H2,1-2H3. The summed E-state index contributed by atoms with van der Waals surface area (Å²) >= 11 is 0. The summed E-state index contributed by atoms with van der Waals surface area (Å²) in [5.74, 6) is 0.681. The topological polar surface area (TPSA) is 80.4 Å². The molecule has 0 saturated carbocycles. The summed E-state index contributed by atoms with van der Waals surface area (Å²) in [4.78, 5) is 0. The second-order valence-corrected chi connectivity index (χ2v) is 5.52. The fraction of sp³-hybridized carbons (Fsp3) is 0.400. The van der Waals surface area contributed by atoms with Crippen LogP contribution in [0.3, 0.4) is 0 Å². The lowest BCUT2D eigenvalue weighted by molar-refractivity contribution is 0.478. The second kappa shape index (κ2) is 6.29. The first-order valence-corrected chi connectivity index (χ1v) is 6.49. The highest BCUT2D eigenvalue weighted by Crippen LogP contribution is 2.16. The first-order chi connectivity index (χ1) is 6.93. The molecule has 0 aromatic heterocycles. The summed E-state index contributed by atoms with van der Waals surface area (Å²) in [5, 5.41) is 8.79. The highest BCUT2D eigenvalue weighted by molar-refractivity contribution is 7.91. The van der Waals surface area contributed by atoms with Gasteiger partial charge < -0.3 is 10.8 Å². The van der Waals surface area contributed by atoms with Crippen molar-refractivity contribution in [3.63, 3.8) is 0 Å². The van der Waals surface area contributed by atoms with Crippen LogP contribution in [0.25, 0.3) is 0 Å². The molecule has 0 heterocycles. The largest absolute Gasteiger partial charge is 0.506 e. The molecule has 1 rings (SSSR count). The van der Waals surface area contributed by atoms with Crippen molar-refractivity contribution in [1.29, 1.82) is 0 Å². The monoisotopic (exact) mass is 231 g/mol. The number of hydrogen-bond acceptors (Lipinski definition) is 4. The number of nitrogens with two attached hydrogens (primary N) is 1. The number of sulfone groups is 1. The van der Waals surface area contributed by atoms with E-state index in [-0.39, 0.29) is 17.3 Å². The first kappa shape index (κ1) is 13.8. The second-order valence-electron chi connectivity index (χ2n) is 2.88. The summed E-state index contributed by atoms with van der Waals surface area (Å²) < 4.78 is 20.7. The maximum atomic E-state index is 10.4. The SMILES string of the molecule is CCS(=O)(=O)CC.Nc1ccccc1O. The van der Waals surface area contributed by atoms with Crippen LogP contribution in [0.1, 0.15) is 13.8 Å². The molecule has 0 saturated heterocycles. The van der Waals surface area contributed by atoms with Gasteiger partial charge in [-0.05, 0) is 12.1 Å². The Hall–Kier alpha value is -1.23. The van der Waals surface area contributed by atoms with Gasteiger partial charge in [0.05, 0.1) is 5.69 Å². The number of phenolic OH excluding ortho intramolecular Hbond substituents is 1. The zero-order valence-electron chi connectivity index (χ0n) is 8.97. The Morgan fingerprint density at radius 1 is 1.20 bits per heavy atom. The molecule has 0 unspecified atom stereocenters. The summed E-state index contributed by atoms with van der Waals surface area (Å²) in [7, 11) is -2.66. The van der Waals surface area contributed by atoms with Gasteiger partial charge in [-0.15, -0.1) is 0 Å². The van der Waals surface area contributed by atoms with Gasteiger partial charge in [-0.1, -0.05) is 26.0 Å². The van der Waals surface area contributed by atoms with Crippen molar-refractivity contribution in [2.75, 3.05) is 17.2 Å². The van der Waals surface area contributed by atoms with Crippen molar-refractivity contribution in [3.05, 3.63) is 24.3 Å². The van der Waals surface area contributed by atoms with Gasteiger partial charge in [0.25, 0.3) is 0 Å². The third-order valence-corrected chi connectivity index (χ3v) is 3.58. The number of benzene rings is 1. The maximum absolute atomic E-state index is 10.4. The van der Waals surface area contributed by atoms with Crippen molar-refractivity contribution in [3.8, 4) is 5.75 Å². The number of phenols is 1. The molecule has 0 bridgehead atoms. The van der Waals surface area contributed by atoms with E-state index in [4.69, 9.17) is 10.8 Å². The van der Waals surface area contributed by atoms with Gasteiger partial charge in [-0.2, -0.15) is 0 Å². The highest BCUT2D eigenvalue weighted by Gasteiger charge is 1.99. The van der Waals surface area contributed by atoms with E-state index < -0.39 is 9.84 Å². The Morgan fingerprint density at radius 3 is 1.87 bits per heavy atom. The third kappa shape index (κ3) is 5.96. The van der Waals surface area contributed by atoms with Crippen molar-refractivity contribution in [1.82, 2.24) is 0 Å². The van der Waals surface area contributed by atoms with E-state index >= 15 is 0 Å². The van der Waals surface area contributed by atoms with E-state index in [0.29, 0.717) is 5.69 Å². The van der Waals surface area contributed by atoms with Gasteiger partial charge in [0.15, 0.2) is 0 Å². The van der Waals surface area contributed by atoms with E-state index in [2.05, 4.69) is 0 Å². The van der Waals surface area contributed by atoms with Crippen molar-refractivity contribution < 1.29 is 13.5 Å². The Bertz CT molecular complexity index is 356. The molecule has 3 N–H and O–H groups in total. The molecule has 86 valence electrons. The van der Waals surface area contributed by atoms with Gasteiger partial charge in [-0.3, -0.25) is 0 Å². The van der Waals surface area contributed by atoms with Crippen LogP contribution in [0, 0.1) is 0 Å². The molecule has 4 nitrogen and oxygen atoms in total. The lowest BCUT2D eigenvalue weighted by Gasteiger charge is -1.92. The minimum Gasteiger partial charge on any atom is -0.506 e. The number of para-hydroxylation sites is 2. The third-order valence-electron chi connectivity index (χ3n) is 1.82. The van der Waals surface area contributed by atoms with Crippen LogP contribution in [0.2, 0.25) is 0 Å². The zero-order chi connectivity index (χ0) is 11.9. The average molecular weight is 231 g/mol. The Balaban J connectivity index is 0.000000265. The molecule has 0 atom stereocenters. The molecule has 5 heteroatoms. The molecule has 1 aromatic rings. The van der Waals surface area contributed by atoms with Crippen LogP contribution < -0.4 is 5.73 Å². The number of rotatable bonds is 2. The molecule has 1 aromatic carbocycles. The van der Waals surface area contributed by atoms with Gasteiger partial charge in [-0.25, -0.2) is 8.42 Å². The predicted molar refractivity (Wildman–Crippen MR) is 62.5 cm³/mol. The maximum Gasteiger partial charge on any atom is 0.149 e. The molecular formula is C10H17NO3S. The van der Waals surface area contributed by atoms with Gasteiger partial charge in [0.1, 0.15) is 15.6 Å². The van der Waals surface area contributed by atoms with E-state index in [1.807, 2.05) is 0 Å². The molecule has 15 heavy (non-hydrogen) atoms. The normalized spacial score (nSPS) is 10.3. The molecule has 0 aliphatic rings. The van der Waals surface area contributed by atoms with Crippen LogP contribution in [-0.4, -0.2) is 25.0 Å². The van der Waals surface area contributed by atoms with Crippen molar-refractivity contribution in [2.24, 2.45) is 0 Å². The molecule has 0 spiro atoms. The predicted octanol–water partition coefficient (Wildman–Crippen LogP) is 1.42. The zero-order valence-corrected chi connectivity index (χ0v) is 9.79. The highest BCUT2D eigenvalue weighted by atomic mass is 32.2. The smallest absolute Gasteiger partial charge is 0.149 e. The minimum absolute atomic E-state index is 0.146. The van der Waals surface area contributed by atoms with Crippen molar-refractivity contribution in [2.45, 2.75) is 13.8 Å². The van der Waals surface area contributed by atoms with E-state index in [9.17, 15) is 8.42 Å². The lowest BCUT2D eigenvalue weighted by Crippen LogP contribution is -2.04. The van der Waals surface area contributed by atoms with Gasteiger partial charge >= 0.3 is 0 Å². The summed E-state index contributed by atoms with van der Waals surface area (Å²) in [6, 6.07) is 6.70. The average Bonchev–Trinajstić information content (AvgIpc) is 2.23. The summed E-state index contributed by atoms with van der Waals surface area (Å²) in [6.45, 7) is 3.30. The number of aromatic hydroxyl groups is 1. The Kier molecular flexibility index (Phi) is 5.77. The van der Waals surface area contributed by atoms with Crippen LogP contribution >= 0.6 is 0 Å². The van der Waals surface area contributed by atoms with Crippen LogP contribution in [0.15, 0.2) is 24.3 Å². The Labute approximate surface area is 90.7 Å². The quantitative estimate of drug-likeness (QED) is 0.596. The van der Waals surface area contributed by atoms with Crippen LogP contribution in [0.5, 0.6) is 5.75 Å². The van der Waals surface area contributed by atoms with E-state index in [1.165, 1.54) is 0 Å². The molecule has 0 aliphatic carbocycles. The molecule has 0 radical (unpaired) electrons. The molecule has 0 amide bonds. The molecular weight excluding hydrogens is 214 g/mol. The molecule has 0 fully saturated rings.